The summed E-state index contributed by atoms with van der Waals surface area (Å²) in [6, 6.07) is -1.11. The van der Waals surface area contributed by atoms with Gasteiger partial charge in [-0.05, 0) is 13.3 Å². The van der Waals surface area contributed by atoms with Gasteiger partial charge in [0.1, 0.15) is 6.04 Å². The number of nitrogens with one attached hydrogen (secondary N) is 1. The van der Waals surface area contributed by atoms with E-state index < -0.39 is 22.2 Å². The van der Waals surface area contributed by atoms with Crippen molar-refractivity contribution in [2.24, 2.45) is 0 Å². The lowest BCUT2D eigenvalue weighted by molar-refractivity contribution is -0.138. The summed E-state index contributed by atoms with van der Waals surface area (Å²) in [5, 5.41) is 8.56. The van der Waals surface area contributed by atoms with Crippen LogP contribution in [0.2, 0.25) is 0 Å². The first kappa shape index (κ1) is 14.3. The van der Waals surface area contributed by atoms with E-state index in [1.165, 1.54) is 14.0 Å². The molecule has 0 radical (unpaired) electrons. The van der Waals surface area contributed by atoms with Gasteiger partial charge >= 0.3 is 5.97 Å². The van der Waals surface area contributed by atoms with Crippen molar-refractivity contribution in [2.45, 2.75) is 32.7 Å². The molecule has 0 aromatic carbocycles. The third-order valence-electron chi connectivity index (χ3n) is 1.93. The zero-order chi connectivity index (χ0) is 12.1. The molecule has 0 unspecified atom stereocenters. The Morgan fingerprint density at radius 3 is 2.47 bits per heavy atom. The molecule has 0 amide bonds. The largest absolute Gasteiger partial charge is 0.480 e. The van der Waals surface area contributed by atoms with Gasteiger partial charge in [-0.1, -0.05) is 13.3 Å². The van der Waals surface area contributed by atoms with Crippen LogP contribution in [0.25, 0.3) is 0 Å². The van der Waals surface area contributed by atoms with E-state index in [-0.39, 0.29) is 0 Å². The Kier molecular flexibility index (Phi) is 5.77. The molecule has 2 N–H and O–H groups in total. The van der Waals surface area contributed by atoms with Gasteiger partial charge < -0.3 is 5.11 Å². The van der Waals surface area contributed by atoms with Crippen molar-refractivity contribution in [3.8, 4) is 0 Å². The van der Waals surface area contributed by atoms with Gasteiger partial charge in [0, 0.05) is 13.6 Å². The van der Waals surface area contributed by atoms with Crippen LogP contribution in [0.5, 0.6) is 0 Å². The van der Waals surface area contributed by atoms with Crippen LogP contribution in [0.3, 0.4) is 0 Å². The standard InChI is InChI=1S/C8H18N2O4S/c1-4-5-6-10(3)15(13,14)9-7(2)8(11)12/h7,9H,4-6H2,1-3H3,(H,11,12)/t7-/m1/s1. The van der Waals surface area contributed by atoms with E-state index in [0.29, 0.717) is 6.54 Å². The minimum absolute atomic E-state index is 0.387. The molecule has 15 heavy (non-hydrogen) atoms. The summed E-state index contributed by atoms with van der Waals surface area (Å²) in [5.74, 6) is -1.19. The molecule has 6 nitrogen and oxygen atoms in total. The van der Waals surface area contributed by atoms with Gasteiger partial charge in [0.05, 0.1) is 0 Å². The fraction of sp³-hybridized carbons (Fsp3) is 0.875. The highest BCUT2D eigenvalue weighted by Crippen LogP contribution is 1.99. The minimum Gasteiger partial charge on any atom is -0.480 e. The van der Waals surface area contributed by atoms with Gasteiger partial charge in [0.25, 0.3) is 10.2 Å². The Hall–Kier alpha value is -0.660. The average molecular weight is 238 g/mol. The monoisotopic (exact) mass is 238 g/mol. The fourth-order valence-corrected chi connectivity index (χ4v) is 1.96. The summed E-state index contributed by atoms with van der Waals surface area (Å²) < 4.78 is 26.2. The lowest BCUT2D eigenvalue weighted by atomic mass is 10.3. The molecule has 0 aliphatic rings. The van der Waals surface area contributed by atoms with Crippen LogP contribution in [0.4, 0.5) is 0 Å². The van der Waals surface area contributed by atoms with Crippen molar-refractivity contribution in [2.75, 3.05) is 13.6 Å². The van der Waals surface area contributed by atoms with Gasteiger partial charge in [-0.3, -0.25) is 4.79 Å². The van der Waals surface area contributed by atoms with Gasteiger partial charge in [-0.2, -0.15) is 17.4 Å². The van der Waals surface area contributed by atoms with Gasteiger partial charge in [-0.25, -0.2) is 0 Å². The number of carboxylic acids is 1. The number of unbranched alkanes of at least 4 members (excludes halogenated alkanes) is 1. The first-order chi connectivity index (χ1) is 6.81. The van der Waals surface area contributed by atoms with Crippen LogP contribution >= 0.6 is 0 Å². The highest BCUT2D eigenvalue weighted by atomic mass is 32.2. The van der Waals surface area contributed by atoms with Crippen molar-refractivity contribution in [3.05, 3.63) is 0 Å². The van der Waals surface area contributed by atoms with Crippen LogP contribution in [0, 0.1) is 0 Å². The van der Waals surface area contributed by atoms with E-state index in [2.05, 4.69) is 4.72 Å². The molecule has 0 saturated heterocycles. The van der Waals surface area contributed by atoms with Crippen molar-refractivity contribution in [1.29, 1.82) is 0 Å². The summed E-state index contributed by atoms with van der Waals surface area (Å²) in [4.78, 5) is 10.5. The molecule has 0 aromatic heterocycles. The normalized spacial score (nSPS) is 14.1. The molecule has 90 valence electrons. The van der Waals surface area contributed by atoms with Crippen molar-refractivity contribution < 1.29 is 18.3 Å². The van der Waals surface area contributed by atoms with Gasteiger partial charge in [-0.15, -0.1) is 0 Å². The quantitative estimate of drug-likeness (QED) is 0.655. The highest BCUT2D eigenvalue weighted by Gasteiger charge is 2.22. The fourth-order valence-electron chi connectivity index (χ4n) is 0.865. The van der Waals surface area contributed by atoms with Crippen molar-refractivity contribution in [3.63, 3.8) is 0 Å². The Labute approximate surface area is 90.5 Å². The molecule has 0 aromatic rings. The third-order valence-corrected chi connectivity index (χ3v) is 3.59. The van der Waals surface area contributed by atoms with E-state index >= 15 is 0 Å². The number of hydrogen-bond acceptors (Lipinski definition) is 3. The molecule has 0 heterocycles. The molecular formula is C8H18N2O4S. The number of aliphatic carboxylic acids is 1. The SMILES string of the molecule is CCCCN(C)S(=O)(=O)N[C@H](C)C(=O)O. The molecule has 0 saturated carbocycles. The second-order valence-corrected chi connectivity index (χ2v) is 5.17. The molecule has 0 aliphatic heterocycles. The Morgan fingerprint density at radius 1 is 1.53 bits per heavy atom. The number of rotatable bonds is 7. The summed E-state index contributed by atoms with van der Waals surface area (Å²) >= 11 is 0. The van der Waals surface area contributed by atoms with Crippen LogP contribution < -0.4 is 4.72 Å². The lowest BCUT2D eigenvalue weighted by Gasteiger charge is -2.18. The molecule has 1 atom stereocenters. The average Bonchev–Trinajstić information content (AvgIpc) is 2.13. The topological polar surface area (TPSA) is 86.7 Å². The zero-order valence-corrected chi connectivity index (χ0v) is 10.0. The van der Waals surface area contributed by atoms with Crippen molar-refractivity contribution >= 4 is 16.2 Å². The van der Waals surface area contributed by atoms with Crippen molar-refractivity contribution in [1.82, 2.24) is 9.03 Å². The Bertz CT molecular complexity index is 302. The molecule has 0 bridgehead atoms. The van der Waals surface area contributed by atoms with Crippen LogP contribution in [0.15, 0.2) is 0 Å². The summed E-state index contributed by atoms with van der Waals surface area (Å²) in [6.07, 6.45) is 1.63. The van der Waals surface area contributed by atoms with E-state index in [1.54, 1.807) is 0 Å². The second-order valence-electron chi connectivity index (χ2n) is 3.36. The minimum atomic E-state index is -3.67. The Balaban J connectivity index is 4.35. The van der Waals surface area contributed by atoms with Gasteiger partial charge in [0.15, 0.2) is 0 Å². The molecule has 0 spiro atoms. The smallest absolute Gasteiger partial charge is 0.321 e. The molecule has 7 heteroatoms. The highest BCUT2D eigenvalue weighted by molar-refractivity contribution is 7.87. The predicted molar refractivity (Wildman–Crippen MR) is 56.7 cm³/mol. The first-order valence-corrected chi connectivity index (χ1v) is 6.21. The second kappa shape index (κ2) is 6.04. The molecule has 0 aliphatic carbocycles. The zero-order valence-electron chi connectivity index (χ0n) is 9.23. The number of nitrogens with zero attached hydrogens (tertiary/aromatic N) is 1. The summed E-state index contributed by atoms with van der Waals surface area (Å²) in [6.45, 7) is 3.62. The summed E-state index contributed by atoms with van der Waals surface area (Å²) in [5.41, 5.74) is 0. The predicted octanol–water partition coefficient (Wildman–Crippen LogP) is 0.0258. The number of hydrogen-bond donors (Lipinski definition) is 2. The number of carbonyl (C=O) groups is 1. The van der Waals surface area contributed by atoms with Crippen LogP contribution in [0.1, 0.15) is 26.7 Å². The van der Waals surface area contributed by atoms with Crippen LogP contribution in [-0.2, 0) is 15.0 Å². The van der Waals surface area contributed by atoms with E-state index in [0.717, 1.165) is 17.1 Å². The Morgan fingerprint density at radius 2 is 2.07 bits per heavy atom. The van der Waals surface area contributed by atoms with Gasteiger partial charge in [0.2, 0.25) is 0 Å². The molecule has 0 rings (SSSR count). The molecule has 0 fully saturated rings. The summed E-state index contributed by atoms with van der Waals surface area (Å²) in [7, 11) is -2.25. The van der Waals surface area contributed by atoms with E-state index in [9.17, 15) is 13.2 Å². The lowest BCUT2D eigenvalue weighted by Crippen LogP contribution is -2.45. The van der Waals surface area contributed by atoms with E-state index in [1.807, 2.05) is 6.92 Å². The van der Waals surface area contributed by atoms with E-state index in [4.69, 9.17) is 5.11 Å². The maximum Gasteiger partial charge on any atom is 0.321 e. The maximum atomic E-state index is 11.5. The third kappa shape index (κ3) is 5.10. The number of carboxylic acid groups (broad SMARTS) is 1. The maximum absolute atomic E-state index is 11.5. The van der Waals surface area contributed by atoms with Crippen LogP contribution in [-0.4, -0.2) is 43.4 Å². The molecular weight excluding hydrogens is 220 g/mol. The first-order valence-electron chi connectivity index (χ1n) is 4.77.